The van der Waals surface area contributed by atoms with Crippen LogP contribution in [-0.4, -0.2) is 216 Å². The highest BCUT2D eigenvalue weighted by atomic mass is 32.2. The lowest BCUT2D eigenvalue weighted by Gasteiger charge is -2.32. The topological polar surface area (TPSA) is 482 Å². The number of hydrogen-bond donors (Lipinski definition) is 14. The first kappa shape index (κ1) is 86.5. The van der Waals surface area contributed by atoms with E-state index in [9.17, 15) is 71.1 Å². The van der Waals surface area contributed by atoms with Gasteiger partial charge in [0, 0.05) is 57.0 Å². The molecule has 2 heterocycles. The van der Waals surface area contributed by atoms with E-state index < -0.39 is 160 Å². The molecule has 3 rings (SSSR count). The molecule has 2 aliphatic rings. The number of nitrogens with two attached hydrogens (primary N) is 1. The first-order valence-corrected chi connectivity index (χ1v) is 36.7. The summed E-state index contributed by atoms with van der Waals surface area (Å²) in [5.41, 5.74) is 4.86. The third-order valence-corrected chi connectivity index (χ3v) is 18.5. The Morgan fingerprint density at radius 1 is 0.670 bits per heavy atom. The molecule has 0 saturated carbocycles. The molecular weight excluding hydrogens is 1360 g/mol. The number of ether oxygens (including phenoxy) is 4. The fourth-order valence-corrected chi connectivity index (χ4v) is 13.5. The Morgan fingerprint density at radius 3 is 1.82 bits per heavy atom. The number of fused-ring (bicyclic) bond motifs is 1. The van der Waals surface area contributed by atoms with Gasteiger partial charge in [-0.15, -0.1) is 23.5 Å². The Balaban J connectivity index is 1.96. The molecule has 0 bridgehead atoms. The maximum absolute atomic E-state index is 14.9. The number of benzene rings is 1. The van der Waals surface area contributed by atoms with Crippen LogP contribution in [-0.2, 0) is 83.4 Å². The number of aliphatic carboxylic acids is 1. The van der Waals surface area contributed by atoms with E-state index in [1.54, 1.807) is 83.1 Å². The van der Waals surface area contributed by atoms with Crippen LogP contribution in [0.25, 0.3) is 0 Å². The highest BCUT2D eigenvalue weighted by Crippen LogP contribution is 2.44. The molecule has 36 heteroatoms. The van der Waals surface area contributed by atoms with Crippen LogP contribution < -0.4 is 68.4 Å². The van der Waals surface area contributed by atoms with E-state index in [1.165, 1.54) is 13.8 Å². The van der Waals surface area contributed by atoms with E-state index in [0.29, 0.717) is 35.3 Å². The number of unbranched alkanes of at least 4 members (excludes halogenated alkanes) is 1. The summed E-state index contributed by atoms with van der Waals surface area (Å²) in [6.45, 7) is 24.8. The number of amides is 10. The Morgan fingerprint density at radius 2 is 1.23 bits per heavy atom. The molecule has 1 saturated heterocycles. The third-order valence-electron chi connectivity index (χ3n) is 15.0. The van der Waals surface area contributed by atoms with Crippen LogP contribution in [0.5, 0.6) is 5.75 Å². The van der Waals surface area contributed by atoms with Gasteiger partial charge in [0.15, 0.2) is 0 Å². The van der Waals surface area contributed by atoms with Gasteiger partial charge in [0.1, 0.15) is 58.8 Å². The zero-order valence-electron chi connectivity index (χ0n) is 60.3. The van der Waals surface area contributed by atoms with Gasteiger partial charge in [-0.25, -0.2) is 22.7 Å². The highest BCUT2D eigenvalue weighted by molar-refractivity contribution is 7.99. The van der Waals surface area contributed by atoms with Crippen LogP contribution in [0.15, 0.2) is 4.90 Å². The normalized spacial score (nSPS) is 16.0. The molecule has 1 aromatic carbocycles. The van der Waals surface area contributed by atoms with Crippen molar-refractivity contribution in [3.8, 4) is 5.75 Å². The zero-order valence-corrected chi connectivity index (χ0v) is 62.8. The molecule has 0 spiro atoms. The molecule has 33 nitrogen and oxygen atoms in total. The van der Waals surface area contributed by atoms with Gasteiger partial charge in [-0.05, 0) is 159 Å². The van der Waals surface area contributed by atoms with Crippen molar-refractivity contribution < 1.29 is 90.0 Å². The van der Waals surface area contributed by atoms with Crippen LogP contribution in [0, 0.1) is 26.2 Å². The number of likely N-dealkylation sites (tertiary alicyclic amines) is 1. The summed E-state index contributed by atoms with van der Waals surface area (Å²) >= 11 is 2.17. The maximum atomic E-state index is 14.9. The molecule has 10 amide bonds. The Bertz CT molecular complexity index is 3240. The lowest BCUT2D eigenvalue weighted by molar-refractivity contribution is -0.157. The standard InChI is InChI=1S/C64H106N14O19S3/c1-35-36(2)51(37(3)40-28-64(15,16)96-50(35)40)100(92,93)77-59(66)67-25-19-22-42(72-48(81)29-69-52(83)41(65)31-98-33-70-38(4)79)53(84)74-44(27-49(82)95-62(9,10)11)54(85)75-45(30-94-61(6,7)8)57(88)78-26-20-23-47(78)56(87)76-46(32-99-34-71-39(5)80)55(86)73-43(58(89)90)21-17-18-24-68-60(91)97-63(12,13)14/h41-47H,17-34,65H2,1-16H3,(H,68,91)(H,69,83)(H,70,79)(H,71,80)(H,72,81)(H,73,86)(H,74,84)(H,75,85)(H,76,87)(H,89,90)(H3,66,67,77)/t41-,42+,43+,44+,45+,46+,47+/m1/s1. The predicted octanol–water partition coefficient (Wildman–Crippen LogP) is 0.747. The van der Waals surface area contributed by atoms with Gasteiger partial charge in [0.2, 0.25) is 59.1 Å². The Hall–Kier alpha value is -7.70. The van der Waals surface area contributed by atoms with Gasteiger partial charge in [-0.3, -0.25) is 53.4 Å². The van der Waals surface area contributed by atoms with Gasteiger partial charge >= 0.3 is 18.0 Å². The van der Waals surface area contributed by atoms with Gasteiger partial charge in [-0.1, -0.05) is 0 Å². The molecule has 0 aromatic heterocycles. The van der Waals surface area contributed by atoms with E-state index in [4.69, 9.17) is 30.1 Å². The van der Waals surface area contributed by atoms with Crippen LogP contribution in [0.2, 0.25) is 0 Å². The summed E-state index contributed by atoms with van der Waals surface area (Å²) in [4.78, 5) is 162. The van der Waals surface area contributed by atoms with E-state index in [0.717, 1.165) is 34.0 Å². The monoisotopic (exact) mass is 1470 g/mol. The molecule has 7 atom stereocenters. The summed E-state index contributed by atoms with van der Waals surface area (Å²) in [5, 5.41) is 44.2. The molecule has 15 N–H and O–H groups in total. The quantitative estimate of drug-likeness (QED) is 0.0144. The summed E-state index contributed by atoms with van der Waals surface area (Å²) < 4.78 is 53.2. The predicted molar refractivity (Wildman–Crippen MR) is 374 cm³/mol. The maximum Gasteiger partial charge on any atom is 0.407 e. The van der Waals surface area contributed by atoms with Crippen molar-refractivity contribution in [3.05, 3.63) is 22.3 Å². The average molecular weight is 1470 g/mol. The first-order chi connectivity index (χ1) is 46.2. The third kappa shape index (κ3) is 30.6. The second-order valence-corrected chi connectivity index (χ2v) is 31.6. The number of esters is 1. The van der Waals surface area contributed by atoms with Crippen molar-refractivity contribution in [2.24, 2.45) is 5.73 Å². The minimum atomic E-state index is -4.37. The van der Waals surface area contributed by atoms with Crippen LogP contribution >= 0.6 is 23.5 Å². The van der Waals surface area contributed by atoms with Gasteiger partial charge in [0.25, 0.3) is 10.0 Å². The van der Waals surface area contributed by atoms with Crippen LogP contribution in [0.4, 0.5) is 4.79 Å². The number of hydrogen-bond acceptors (Lipinski definition) is 22. The van der Waals surface area contributed by atoms with Crippen LogP contribution in [0.1, 0.15) is 164 Å². The number of carboxylic acids is 1. The van der Waals surface area contributed by atoms with Crippen molar-refractivity contribution in [1.82, 2.24) is 62.8 Å². The van der Waals surface area contributed by atoms with Gasteiger partial charge in [0.05, 0.1) is 47.9 Å². The fourth-order valence-electron chi connectivity index (χ4n) is 10.2. The van der Waals surface area contributed by atoms with Crippen molar-refractivity contribution in [3.63, 3.8) is 0 Å². The Labute approximate surface area is 594 Å². The number of nitrogens with one attached hydrogen (secondary N) is 12. The van der Waals surface area contributed by atoms with E-state index >= 15 is 0 Å². The molecule has 564 valence electrons. The fraction of sp³-hybridized carbons (Fsp3) is 0.703. The largest absolute Gasteiger partial charge is 0.487 e. The minimum absolute atomic E-state index is 0.000532. The smallest absolute Gasteiger partial charge is 0.407 e. The lowest BCUT2D eigenvalue weighted by Crippen LogP contribution is -2.61. The molecule has 0 radical (unpaired) electrons. The van der Waals surface area contributed by atoms with Gasteiger partial charge in [-0.2, -0.15) is 0 Å². The summed E-state index contributed by atoms with van der Waals surface area (Å²) in [6, 6.07) is -10.4. The molecule has 1 fully saturated rings. The lowest BCUT2D eigenvalue weighted by atomic mass is 9.94. The second-order valence-electron chi connectivity index (χ2n) is 28.0. The zero-order chi connectivity index (χ0) is 75.8. The highest BCUT2D eigenvalue weighted by Gasteiger charge is 2.42. The average Bonchev–Trinajstić information content (AvgIpc) is 1.52. The number of guanidine groups is 1. The summed E-state index contributed by atoms with van der Waals surface area (Å²) in [5.74, 6) is -9.56. The number of sulfonamides is 1. The van der Waals surface area contributed by atoms with Gasteiger partial charge < -0.3 is 87.9 Å². The minimum Gasteiger partial charge on any atom is -0.487 e. The number of rotatable bonds is 37. The van der Waals surface area contributed by atoms with Crippen molar-refractivity contribution in [2.45, 2.75) is 238 Å². The SMILES string of the molecule is CC(=O)NCSC[C@@H](N)C(=O)NCC(=O)N[C@@H](CCCNC(=N)NS(=O)(=O)c1c(C)c(C)c2c(c1C)CC(C)(C)O2)C(=O)N[C@@H](CC(=O)OC(C)(C)C)C(=O)N[C@@H](COC(C)(C)C)C(=O)N1CCC[C@H]1C(=O)N[C@@H](CSCNC(C)=O)C(=O)N[C@@H](CCCCNC(=O)OC(C)(C)C)C(=O)O. The number of carboxylic acid groups (broad SMARTS) is 1. The number of alkyl carbamates (subject to hydrolysis) is 1. The van der Waals surface area contributed by atoms with Crippen molar-refractivity contribution >= 4 is 111 Å². The van der Waals surface area contributed by atoms with Crippen molar-refractivity contribution in [1.29, 1.82) is 5.41 Å². The van der Waals surface area contributed by atoms with E-state index in [2.05, 4.69) is 57.9 Å². The molecule has 1 aromatic rings. The number of carbonyl (C=O) groups excluding carboxylic acids is 11. The first-order valence-electron chi connectivity index (χ1n) is 32.9. The molecule has 0 aliphatic carbocycles. The Kier molecular flexibility index (Phi) is 33.7. The molecule has 2 aliphatic heterocycles. The summed E-state index contributed by atoms with van der Waals surface area (Å²) in [6.07, 6.45) is -0.650. The van der Waals surface area contributed by atoms with E-state index in [1.807, 2.05) is 13.8 Å². The van der Waals surface area contributed by atoms with Crippen LogP contribution in [0.3, 0.4) is 0 Å². The molecule has 0 unspecified atom stereocenters. The molecular formula is C64H106N14O19S3. The number of nitrogens with zero attached hydrogens (tertiary/aromatic N) is 1. The molecule has 100 heavy (non-hydrogen) atoms. The summed E-state index contributed by atoms with van der Waals surface area (Å²) in [7, 11) is -4.37. The second kappa shape index (κ2) is 38.9. The number of carbonyl (C=O) groups is 12. The van der Waals surface area contributed by atoms with E-state index in [-0.39, 0.29) is 98.1 Å². The number of thioether (sulfide) groups is 2. The van der Waals surface area contributed by atoms with Crippen molar-refractivity contribution in [2.75, 3.05) is 56.0 Å².